The predicted octanol–water partition coefficient (Wildman–Crippen LogP) is 2.64. The summed E-state index contributed by atoms with van der Waals surface area (Å²) in [7, 11) is 0. The fourth-order valence-corrected chi connectivity index (χ4v) is 2.54. The van der Waals surface area contributed by atoms with Gasteiger partial charge in [-0.25, -0.2) is 4.79 Å². The van der Waals surface area contributed by atoms with E-state index in [4.69, 9.17) is 22.5 Å². The van der Waals surface area contributed by atoms with E-state index in [2.05, 4.69) is 10.5 Å². The number of urea groups is 1. The van der Waals surface area contributed by atoms with Gasteiger partial charge in [-0.15, -0.1) is 0 Å². The van der Waals surface area contributed by atoms with Gasteiger partial charge in [-0.05, 0) is 37.5 Å². The number of carbonyl (C=O) groups is 1. The lowest BCUT2D eigenvalue weighted by Crippen LogP contribution is -2.45. The maximum Gasteiger partial charge on any atom is 0.321 e. The Morgan fingerprint density at radius 2 is 2.33 bits per heavy atom. The van der Waals surface area contributed by atoms with Crippen LogP contribution >= 0.6 is 11.6 Å². The molecule has 1 aliphatic heterocycles. The van der Waals surface area contributed by atoms with E-state index in [-0.39, 0.29) is 17.8 Å². The van der Waals surface area contributed by atoms with Gasteiger partial charge >= 0.3 is 6.03 Å². The molecule has 2 rings (SSSR count). The second-order valence-electron chi connectivity index (χ2n) is 5.20. The Hall–Kier alpha value is -1.95. The number of hydrogen-bond acceptors (Lipinski definition) is 3. The van der Waals surface area contributed by atoms with Gasteiger partial charge < -0.3 is 21.2 Å². The maximum atomic E-state index is 12.2. The molecular weight excluding hydrogens is 292 g/mol. The molecule has 1 unspecified atom stereocenters. The largest absolute Gasteiger partial charge is 0.409 e. The van der Waals surface area contributed by atoms with Crippen molar-refractivity contribution in [2.24, 2.45) is 16.8 Å². The molecule has 0 spiro atoms. The van der Waals surface area contributed by atoms with E-state index < -0.39 is 0 Å². The minimum atomic E-state index is -0.203. The number of amides is 2. The summed E-state index contributed by atoms with van der Waals surface area (Å²) in [4.78, 5) is 13.9. The molecule has 7 heteroatoms. The van der Waals surface area contributed by atoms with Crippen LogP contribution in [0.1, 0.15) is 18.4 Å². The number of hydrogen-bond donors (Lipinski definition) is 3. The van der Waals surface area contributed by atoms with Crippen LogP contribution in [0.15, 0.2) is 23.4 Å². The summed E-state index contributed by atoms with van der Waals surface area (Å²) >= 11 is 6.04. The quantitative estimate of drug-likeness (QED) is 0.339. The van der Waals surface area contributed by atoms with Gasteiger partial charge in [0.15, 0.2) is 0 Å². The van der Waals surface area contributed by atoms with Crippen LogP contribution in [-0.2, 0) is 0 Å². The molecule has 0 bridgehead atoms. The van der Waals surface area contributed by atoms with E-state index in [1.165, 1.54) is 0 Å². The molecule has 1 aromatic carbocycles. The van der Waals surface area contributed by atoms with Crippen molar-refractivity contribution in [3.63, 3.8) is 0 Å². The minimum absolute atomic E-state index is 0.101. The minimum Gasteiger partial charge on any atom is -0.409 e. The third-order valence-corrected chi connectivity index (χ3v) is 4.07. The van der Waals surface area contributed by atoms with Gasteiger partial charge in [0.05, 0.1) is 0 Å². The zero-order chi connectivity index (χ0) is 15.4. The number of amidine groups is 1. The van der Waals surface area contributed by atoms with Gasteiger partial charge in [-0.3, -0.25) is 0 Å². The Labute approximate surface area is 128 Å². The number of nitrogens with one attached hydrogen (secondary N) is 1. The third kappa shape index (κ3) is 3.78. The van der Waals surface area contributed by atoms with Crippen LogP contribution in [-0.4, -0.2) is 35.1 Å². The fraction of sp³-hybridized carbons (Fsp3) is 0.429. The highest BCUT2D eigenvalue weighted by atomic mass is 35.5. The zero-order valence-corrected chi connectivity index (χ0v) is 12.6. The normalized spacial score (nSPS) is 19.4. The third-order valence-electron chi connectivity index (χ3n) is 3.67. The molecule has 1 heterocycles. The number of anilines is 1. The molecule has 6 nitrogen and oxygen atoms in total. The molecule has 1 atom stereocenters. The highest BCUT2D eigenvalue weighted by molar-refractivity contribution is 6.31. The summed E-state index contributed by atoms with van der Waals surface area (Å²) in [6.07, 6.45) is 1.64. The number of likely N-dealkylation sites (tertiary alicyclic amines) is 1. The molecule has 0 radical (unpaired) electrons. The predicted molar refractivity (Wildman–Crippen MR) is 82.9 cm³/mol. The molecule has 0 saturated carbocycles. The monoisotopic (exact) mass is 310 g/mol. The highest BCUT2D eigenvalue weighted by Gasteiger charge is 2.26. The van der Waals surface area contributed by atoms with Gasteiger partial charge in [-0.1, -0.05) is 22.8 Å². The number of carbonyl (C=O) groups excluding carboxylic acids is 1. The summed E-state index contributed by atoms with van der Waals surface area (Å²) < 4.78 is 0. The summed E-state index contributed by atoms with van der Waals surface area (Å²) in [6.45, 7) is 3.00. The van der Waals surface area contributed by atoms with E-state index >= 15 is 0 Å². The number of nitrogens with two attached hydrogens (primary N) is 1. The first-order chi connectivity index (χ1) is 10.0. The first-order valence-corrected chi connectivity index (χ1v) is 7.18. The van der Waals surface area contributed by atoms with Crippen molar-refractivity contribution in [3.05, 3.63) is 28.8 Å². The molecule has 0 aliphatic carbocycles. The number of oxime groups is 1. The molecule has 1 saturated heterocycles. The SMILES string of the molecule is Cc1ccc(NC(=O)N2CCCC(C(N)=NO)C2)cc1Cl. The van der Waals surface area contributed by atoms with Gasteiger partial charge in [-0.2, -0.15) is 0 Å². The first-order valence-electron chi connectivity index (χ1n) is 6.80. The Balaban J connectivity index is 2.01. The Bertz CT molecular complexity index is 562. The summed E-state index contributed by atoms with van der Waals surface area (Å²) in [5.41, 5.74) is 7.24. The lowest BCUT2D eigenvalue weighted by atomic mass is 9.97. The molecule has 1 aromatic rings. The number of piperidine rings is 1. The number of nitrogens with zero attached hydrogens (tertiary/aromatic N) is 2. The van der Waals surface area contributed by atoms with Crippen molar-refractivity contribution in [2.75, 3.05) is 18.4 Å². The zero-order valence-electron chi connectivity index (χ0n) is 11.8. The number of rotatable bonds is 2. The highest BCUT2D eigenvalue weighted by Crippen LogP contribution is 2.21. The molecule has 2 amide bonds. The van der Waals surface area contributed by atoms with Gasteiger partial charge in [0.1, 0.15) is 5.84 Å². The molecular formula is C14H19ClN4O2. The standard InChI is InChI=1S/C14H19ClN4O2/c1-9-4-5-11(7-12(9)15)17-14(20)19-6-2-3-10(8-19)13(16)18-21/h4-5,7,10,21H,2-3,6,8H2,1H3,(H2,16,18)(H,17,20). The topological polar surface area (TPSA) is 91.0 Å². The van der Waals surface area contributed by atoms with E-state index in [0.29, 0.717) is 23.8 Å². The molecule has 4 N–H and O–H groups in total. The van der Waals surface area contributed by atoms with Crippen molar-refractivity contribution in [1.82, 2.24) is 4.90 Å². The summed E-state index contributed by atoms with van der Waals surface area (Å²) in [5.74, 6) is 0.0713. The number of aryl methyl sites for hydroxylation is 1. The second-order valence-corrected chi connectivity index (χ2v) is 5.61. The van der Waals surface area contributed by atoms with Gasteiger partial charge in [0, 0.05) is 29.7 Å². The van der Waals surface area contributed by atoms with Crippen molar-refractivity contribution < 1.29 is 10.0 Å². The molecule has 0 aromatic heterocycles. The number of benzene rings is 1. The van der Waals surface area contributed by atoms with Crippen LogP contribution in [0.4, 0.5) is 10.5 Å². The van der Waals surface area contributed by atoms with E-state index in [9.17, 15) is 4.79 Å². The maximum absolute atomic E-state index is 12.2. The van der Waals surface area contributed by atoms with Gasteiger partial charge in [0.25, 0.3) is 0 Å². The van der Waals surface area contributed by atoms with Crippen LogP contribution in [0.5, 0.6) is 0 Å². The average Bonchev–Trinajstić information content (AvgIpc) is 2.50. The first kappa shape index (κ1) is 15.4. The second kappa shape index (κ2) is 6.67. The smallest absolute Gasteiger partial charge is 0.321 e. The Kier molecular flexibility index (Phi) is 4.90. The molecule has 21 heavy (non-hydrogen) atoms. The molecule has 1 aliphatic rings. The van der Waals surface area contributed by atoms with Crippen molar-refractivity contribution in [1.29, 1.82) is 0 Å². The van der Waals surface area contributed by atoms with Crippen molar-refractivity contribution in [3.8, 4) is 0 Å². The van der Waals surface area contributed by atoms with E-state index in [0.717, 1.165) is 18.4 Å². The van der Waals surface area contributed by atoms with Crippen molar-refractivity contribution in [2.45, 2.75) is 19.8 Å². The summed E-state index contributed by atoms with van der Waals surface area (Å²) in [6, 6.07) is 5.18. The van der Waals surface area contributed by atoms with Gasteiger partial charge in [0.2, 0.25) is 0 Å². The van der Waals surface area contributed by atoms with Crippen LogP contribution in [0.3, 0.4) is 0 Å². The molecule has 114 valence electrons. The van der Waals surface area contributed by atoms with Crippen LogP contribution in [0.25, 0.3) is 0 Å². The van der Waals surface area contributed by atoms with E-state index in [1.807, 2.05) is 19.1 Å². The van der Waals surface area contributed by atoms with Crippen LogP contribution in [0, 0.1) is 12.8 Å². The lowest BCUT2D eigenvalue weighted by Gasteiger charge is -2.32. The Morgan fingerprint density at radius 1 is 1.57 bits per heavy atom. The van der Waals surface area contributed by atoms with Crippen LogP contribution in [0.2, 0.25) is 5.02 Å². The van der Waals surface area contributed by atoms with Crippen molar-refractivity contribution >= 4 is 29.2 Å². The average molecular weight is 311 g/mol. The van der Waals surface area contributed by atoms with Crippen LogP contribution < -0.4 is 11.1 Å². The fourth-order valence-electron chi connectivity index (χ4n) is 2.36. The Morgan fingerprint density at radius 3 is 3.00 bits per heavy atom. The summed E-state index contributed by atoms with van der Waals surface area (Å²) in [5, 5.41) is 15.2. The van der Waals surface area contributed by atoms with E-state index in [1.54, 1.807) is 11.0 Å². The number of halogens is 1. The molecule has 1 fully saturated rings. The lowest BCUT2D eigenvalue weighted by molar-refractivity contribution is 0.190.